The molecule has 0 bridgehead atoms. The molecule has 35 heavy (non-hydrogen) atoms. The molecule has 2 aromatic carbocycles. The van der Waals surface area contributed by atoms with Crippen LogP contribution in [-0.4, -0.2) is 50.5 Å². The van der Waals surface area contributed by atoms with Gasteiger partial charge in [-0.25, -0.2) is 14.4 Å². The highest BCUT2D eigenvalue weighted by molar-refractivity contribution is 6.33. The third-order valence-electron chi connectivity index (χ3n) is 6.54. The van der Waals surface area contributed by atoms with E-state index < -0.39 is 5.67 Å². The van der Waals surface area contributed by atoms with Crippen LogP contribution in [0.5, 0.6) is 11.6 Å². The maximum atomic E-state index is 14.3. The van der Waals surface area contributed by atoms with Gasteiger partial charge in [-0.3, -0.25) is 0 Å². The largest absolute Gasteiger partial charge is 0.490 e. The molecule has 4 aromatic rings. The molecule has 6 rings (SSSR count). The van der Waals surface area contributed by atoms with Crippen molar-refractivity contribution < 1.29 is 13.9 Å². The van der Waals surface area contributed by atoms with Gasteiger partial charge in [0.1, 0.15) is 30.1 Å². The van der Waals surface area contributed by atoms with E-state index in [9.17, 15) is 4.39 Å². The number of benzene rings is 2. The Balaban J connectivity index is 1.40. The van der Waals surface area contributed by atoms with Gasteiger partial charge >= 0.3 is 0 Å². The number of halogens is 2. The third kappa shape index (κ3) is 4.44. The molecule has 3 heterocycles. The van der Waals surface area contributed by atoms with Crippen molar-refractivity contribution in [1.82, 2.24) is 24.8 Å². The van der Waals surface area contributed by atoms with Crippen molar-refractivity contribution in [2.75, 3.05) is 19.7 Å². The topological polar surface area (TPSA) is 74.1 Å². The molecule has 2 aliphatic rings. The summed E-state index contributed by atoms with van der Waals surface area (Å²) in [7, 11) is 0. The van der Waals surface area contributed by atoms with E-state index >= 15 is 0 Å². The molecule has 1 aliphatic heterocycles. The molecule has 2 fully saturated rings. The average Bonchev–Trinajstić information content (AvgIpc) is 3.45. The Morgan fingerprint density at radius 2 is 1.91 bits per heavy atom. The first-order valence-corrected chi connectivity index (χ1v) is 12.1. The zero-order valence-corrected chi connectivity index (χ0v) is 20.1. The van der Waals surface area contributed by atoms with E-state index in [4.69, 9.17) is 26.1 Å². The van der Waals surface area contributed by atoms with Crippen molar-refractivity contribution in [3.8, 4) is 23.0 Å². The van der Waals surface area contributed by atoms with Crippen molar-refractivity contribution >= 4 is 22.8 Å². The average molecular weight is 494 g/mol. The van der Waals surface area contributed by atoms with Gasteiger partial charge in [-0.05, 0) is 43.5 Å². The normalized spacial score (nSPS) is 17.7. The SMILES string of the molecule is CC1(Oc2ncnc3c2nc(-c2ccc(OCC4(F)CNC4)cc2Cl)n3Cc2ccccc2)CC1. The van der Waals surface area contributed by atoms with E-state index in [0.29, 0.717) is 53.3 Å². The minimum atomic E-state index is -1.33. The van der Waals surface area contributed by atoms with Gasteiger partial charge in [0.25, 0.3) is 0 Å². The van der Waals surface area contributed by atoms with Crippen LogP contribution in [0.15, 0.2) is 54.9 Å². The standard InChI is InChI=1S/C26H25ClFN5O2/c1-25(9-10-25)35-24-21-23(30-16-31-24)33(12-17-5-3-2-4-6-17)22(32-21)19-8-7-18(11-20(19)27)34-15-26(28)13-29-14-26/h2-8,11,16,29H,9-10,12-15H2,1H3. The molecule has 180 valence electrons. The Hall–Kier alpha value is -3.23. The molecule has 0 spiro atoms. The lowest BCUT2D eigenvalue weighted by Gasteiger charge is -2.34. The second-order valence-corrected chi connectivity index (χ2v) is 10.0. The quantitative estimate of drug-likeness (QED) is 0.379. The minimum Gasteiger partial charge on any atom is -0.490 e. The molecule has 9 heteroatoms. The van der Waals surface area contributed by atoms with Gasteiger partial charge in [-0.2, -0.15) is 4.98 Å². The highest BCUT2D eigenvalue weighted by atomic mass is 35.5. The highest BCUT2D eigenvalue weighted by Crippen LogP contribution is 2.41. The first-order chi connectivity index (χ1) is 16.9. The first kappa shape index (κ1) is 22.2. The highest BCUT2D eigenvalue weighted by Gasteiger charge is 2.41. The van der Waals surface area contributed by atoms with E-state index in [1.807, 2.05) is 28.8 Å². The molecule has 1 saturated heterocycles. The number of hydrogen-bond donors (Lipinski definition) is 1. The van der Waals surface area contributed by atoms with Crippen molar-refractivity contribution in [1.29, 1.82) is 0 Å². The fourth-order valence-corrected chi connectivity index (χ4v) is 4.36. The maximum Gasteiger partial charge on any atom is 0.245 e. The molecule has 1 N–H and O–H groups in total. The molecular weight excluding hydrogens is 469 g/mol. The van der Waals surface area contributed by atoms with E-state index in [0.717, 1.165) is 24.0 Å². The third-order valence-corrected chi connectivity index (χ3v) is 6.85. The van der Waals surface area contributed by atoms with Crippen LogP contribution >= 0.6 is 11.6 Å². The fraction of sp³-hybridized carbons (Fsp3) is 0.346. The molecule has 0 unspecified atom stereocenters. The number of ether oxygens (including phenoxy) is 2. The number of fused-ring (bicyclic) bond motifs is 1. The summed E-state index contributed by atoms with van der Waals surface area (Å²) in [6.07, 6.45) is 3.48. The lowest BCUT2D eigenvalue weighted by molar-refractivity contribution is 0.0347. The fourth-order valence-electron chi connectivity index (χ4n) is 4.10. The number of aromatic nitrogens is 4. The second kappa shape index (κ2) is 8.46. The summed E-state index contributed by atoms with van der Waals surface area (Å²) in [5.74, 6) is 1.64. The van der Waals surface area contributed by atoms with Gasteiger partial charge in [0.05, 0.1) is 11.6 Å². The summed E-state index contributed by atoms with van der Waals surface area (Å²) in [6.45, 7) is 3.20. The second-order valence-electron chi connectivity index (χ2n) is 9.59. The van der Waals surface area contributed by atoms with Crippen LogP contribution in [0, 0.1) is 0 Å². The van der Waals surface area contributed by atoms with Gasteiger partial charge in [-0.1, -0.05) is 41.9 Å². The predicted octanol–water partition coefficient (Wildman–Crippen LogP) is 4.82. The molecule has 1 aliphatic carbocycles. The Morgan fingerprint density at radius 1 is 1.11 bits per heavy atom. The Kier molecular flexibility index (Phi) is 5.38. The number of alkyl halides is 1. The van der Waals surface area contributed by atoms with Crippen LogP contribution in [0.4, 0.5) is 4.39 Å². The van der Waals surface area contributed by atoms with Crippen LogP contribution in [0.1, 0.15) is 25.3 Å². The first-order valence-electron chi connectivity index (χ1n) is 11.7. The maximum absolute atomic E-state index is 14.3. The van der Waals surface area contributed by atoms with Crippen molar-refractivity contribution in [3.63, 3.8) is 0 Å². The number of rotatable bonds is 8. The molecule has 0 amide bonds. The molecule has 0 atom stereocenters. The molecule has 2 aromatic heterocycles. The van der Waals surface area contributed by atoms with E-state index in [1.54, 1.807) is 12.1 Å². The number of nitrogens with one attached hydrogen (secondary N) is 1. The van der Waals surface area contributed by atoms with Gasteiger partial charge in [0, 0.05) is 18.7 Å². The van der Waals surface area contributed by atoms with E-state index in [2.05, 4.69) is 34.3 Å². The Morgan fingerprint density at radius 3 is 2.60 bits per heavy atom. The Labute approximate surface area is 207 Å². The van der Waals surface area contributed by atoms with Crippen molar-refractivity contribution in [2.24, 2.45) is 0 Å². The molecule has 0 radical (unpaired) electrons. The van der Waals surface area contributed by atoms with Gasteiger partial charge in [0.15, 0.2) is 16.8 Å². The van der Waals surface area contributed by atoms with Crippen molar-refractivity contribution in [2.45, 2.75) is 37.6 Å². The van der Waals surface area contributed by atoms with Crippen LogP contribution in [0.3, 0.4) is 0 Å². The lowest BCUT2D eigenvalue weighted by atomic mass is 10.0. The summed E-state index contributed by atoms with van der Waals surface area (Å²) in [5.41, 5.74) is 1.55. The zero-order chi connectivity index (χ0) is 24.0. The predicted molar refractivity (Wildman–Crippen MR) is 132 cm³/mol. The summed E-state index contributed by atoms with van der Waals surface area (Å²) in [6, 6.07) is 15.4. The lowest BCUT2D eigenvalue weighted by Crippen LogP contribution is -2.59. The summed E-state index contributed by atoms with van der Waals surface area (Å²) in [4.78, 5) is 13.8. The van der Waals surface area contributed by atoms with Crippen molar-refractivity contribution in [3.05, 3.63) is 65.4 Å². The van der Waals surface area contributed by atoms with Crippen LogP contribution in [0.25, 0.3) is 22.6 Å². The Bertz CT molecular complexity index is 1390. The number of hydrogen-bond acceptors (Lipinski definition) is 6. The number of nitrogens with zero attached hydrogens (tertiary/aromatic N) is 4. The summed E-state index contributed by atoms with van der Waals surface area (Å²) in [5, 5.41) is 3.38. The summed E-state index contributed by atoms with van der Waals surface area (Å²) >= 11 is 6.71. The van der Waals surface area contributed by atoms with Gasteiger partial charge in [-0.15, -0.1) is 0 Å². The van der Waals surface area contributed by atoms with E-state index in [-0.39, 0.29) is 12.2 Å². The van der Waals surface area contributed by atoms with Crippen LogP contribution in [-0.2, 0) is 6.54 Å². The minimum absolute atomic E-state index is 0.0166. The molecular formula is C26H25ClFN5O2. The summed E-state index contributed by atoms with van der Waals surface area (Å²) < 4.78 is 28.2. The zero-order valence-electron chi connectivity index (χ0n) is 19.3. The van der Waals surface area contributed by atoms with E-state index in [1.165, 1.54) is 6.33 Å². The number of imidazole rings is 1. The van der Waals surface area contributed by atoms with Crippen LogP contribution < -0.4 is 14.8 Å². The van der Waals surface area contributed by atoms with Gasteiger partial charge in [0.2, 0.25) is 5.88 Å². The van der Waals surface area contributed by atoms with Crippen LogP contribution in [0.2, 0.25) is 5.02 Å². The smallest absolute Gasteiger partial charge is 0.245 e. The molecule has 7 nitrogen and oxygen atoms in total. The molecule has 1 saturated carbocycles. The monoisotopic (exact) mass is 493 g/mol. The van der Waals surface area contributed by atoms with Gasteiger partial charge < -0.3 is 19.4 Å².